The minimum Gasteiger partial charge on any atom is -0.480 e. The van der Waals surface area contributed by atoms with Crippen molar-refractivity contribution in [3.05, 3.63) is 35.9 Å². The first-order valence-electron chi connectivity index (χ1n) is 15.9. The monoisotopic (exact) mass is 636 g/mol. The number of carboxylic acids is 4. The molecule has 0 aliphatic heterocycles. The molecule has 254 valence electrons. The number of carbonyl (C=O) groups is 5. The van der Waals surface area contributed by atoms with Crippen molar-refractivity contribution < 1.29 is 44.4 Å². The fraction of sp³-hybridized carbons (Fsp3) is 0.656. The standard InChI is InChI=1S/C32H52N4O9/c1-2-3-4-5-6-7-8-9-13-16-33-28(37)21-35(23-30(40)41)18-17-34(22-29(38)39)20-27(19-26-14-11-10-12-15-26)36(24-31(42)43)25-32(44)45/h10-12,14-15,27H,2-9,13,16-25H2,1H3,(H,33,37)(H,38,39)(H,40,41)(H,42,43)(H,44,45). The summed E-state index contributed by atoms with van der Waals surface area (Å²) in [6, 6.07) is 8.36. The third-order valence-corrected chi connectivity index (χ3v) is 7.40. The number of aliphatic carboxylic acids is 4. The van der Waals surface area contributed by atoms with Crippen LogP contribution in [-0.2, 0) is 30.4 Å². The van der Waals surface area contributed by atoms with Gasteiger partial charge in [-0.25, -0.2) is 0 Å². The number of nitrogens with zero attached hydrogens (tertiary/aromatic N) is 3. The lowest BCUT2D eigenvalue weighted by molar-refractivity contribution is -0.144. The molecule has 5 N–H and O–H groups in total. The number of carboxylic acid groups (broad SMARTS) is 4. The SMILES string of the molecule is CCCCCCCCCCCNC(=O)CN(CCN(CC(=O)O)CC(Cc1ccccc1)N(CC(=O)O)CC(=O)O)CC(=O)O. The molecule has 1 rings (SSSR count). The van der Waals surface area contributed by atoms with Gasteiger partial charge in [0, 0.05) is 32.2 Å². The number of carbonyl (C=O) groups excluding carboxylic acids is 1. The van der Waals surface area contributed by atoms with Crippen molar-refractivity contribution in [3.63, 3.8) is 0 Å². The molecular formula is C32H52N4O9. The molecule has 1 amide bonds. The predicted octanol–water partition coefficient (Wildman–Crippen LogP) is 2.49. The number of rotatable bonds is 28. The van der Waals surface area contributed by atoms with Crippen molar-refractivity contribution >= 4 is 29.8 Å². The maximum atomic E-state index is 12.6. The summed E-state index contributed by atoms with van der Waals surface area (Å²) < 4.78 is 0. The van der Waals surface area contributed by atoms with Crippen LogP contribution in [-0.4, -0.2) is 130 Å². The lowest BCUT2D eigenvalue weighted by atomic mass is 10.0. The molecule has 0 aliphatic rings. The highest BCUT2D eigenvalue weighted by Crippen LogP contribution is 2.12. The highest BCUT2D eigenvalue weighted by molar-refractivity contribution is 5.79. The highest BCUT2D eigenvalue weighted by Gasteiger charge is 2.27. The summed E-state index contributed by atoms with van der Waals surface area (Å²) >= 11 is 0. The third-order valence-electron chi connectivity index (χ3n) is 7.40. The van der Waals surface area contributed by atoms with Crippen LogP contribution in [0.2, 0.25) is 0 Å². The molecule has 1 atom stereocenters. The van der Waals surface area contributed by atoms with E-state index in [-0.39, 0.29) is 38.5 Å². The van der Waals surface area contributed by atoms with Crippen molar-refractivity contribution in [3.8, 4) is 0 Å². The van der Waals surface area contributed by atoms with Gasteiger partial charge in [-0.2, -0.15) is 0 Å². The van der Waals surface area contributed by atoms with Crippen LogP contribution in [0.25, 0.3) is 0 Å². The minimum atomic E-state index is -1.22. The first-order chi connectivity index (χ1) is 21.5. The average molecular weight is 637 g/mol. The van der Waals surface area contributed by atoms with E-state index < -0.39 is 56.1 Å². The van der Waals surface area contributed by atoms with E-state index in [9.17, 15) is 44.4 Å². The van der Waals surface area contributed by atoms with Gasteiger partial charge in [0.1, 0.15) is 0 Å². The summed E-state index contributed by atoms with van der Waals surface area (Å²) in [5.74, 6) is -5.06. The van der Waals surface area contributed by atoms with Crippen molar-refractivity contribution in [1.29, 1.82) is 0 Å². The summed E-state index contributed by atoms with van der Waals surface area (Å²) in [6.07, 6.45) is 10.6. The third kappa shape index (κ3) is 20.9. The first-order valence-corrected chi connectivity index (χ1v) is 15.9. The Morgan fingerprint density at radius 2 is 1.13 bits per heavy atom. The molecule has 0 spiro atoms. The van der Waals surface area contributed by atoms with E-state index in [0.29, 0.717) is 6.54 Å². The van der Waals surface area contributed by atoms with Crippen molar-refractivity contribution in [2.45, 2.75) is 77.2 Å². The molecular weight excluding hydrogens is 584 g/mol. The van der Waals surface area contributed by atoms with E-state index in [1.807, 2.05) is 18.2 Å². The van der Waals surface area contributed by atoms with E-state index in [1.165, 1.54) is 53.2 Å². The van der Waals surface area contributed by atoms with Crippen molar-refractivity contribution in [2.75, 3.05) is 58.9 Å². The van der Waals surface area contributed by atoms with Crippen LogP contribution in [0.4, 0.5) is 0 Å². The molecule has 0 saturated heterocycles. The molecule has 13 heteroatoms. The molecule has 1 aromatic rings. The molecule has 45 heavy (non-hydrogen) atoms. The number of hydrogen-bond acceptors (Lipinski definition) is 8. The Labute approximate surface area is 266 Å². The first kappa shape index (κ1) is 39.5. The molecule has 1 aromatic carbocycles. The summed E-state index contributed by atoms with van der Waals surface area (Å²) in [4.78, 5) is 63.2. The highest BCUT2D eigenvalue weighted by atomic mass is 16.4. The normalized spacial score (nSPS) is 12.0. The number of unbranched alkanes of at least 4 members (excludes halogenated alkanes) is 8. The maximum Gasteiger partial charge on any atom is 0.317 e. The van der Waals surface area contributed by atoms with Gasteiger partial charge in [0.2, 0.25) is 5.91 Å². The van der Waals surface area contributed by atoms with E-state index in [2.05, 4.69) is 12.2 Å². The van der Waals surface area contributed by atoms with Crippen LogP contribution in [0.5, 0.6) is 0 Å². The molecule has 0 aliphatic carbocycles. The van der Waals surface area contributed by atoms with Gasteiger partial charge in [-0.05, 0) is 18.4 Å². The smallest absolute Gasteiger partial charge is 0.317 e. The largest absolute Gasteiger partial charge is 0.480 e. The van der Waals surface area contributed by atoms with Gasteiger partial charge in [-0.1, -0.05) is 88.6 Å². The number of amides is 1. The molecule has 13 nitrogen and oxygen atoms in total. The van der Waals surface area contributed by atoms with E-state index in [4.69, 9.17) is 0 Å². The van der Waals surface area contributed by atoms with Gasteiger partial charge < -0.3 is 25.7 Å². The molecule has 0 radical (unpaired) electrons. The Bertz CT molecular complexity index is 1010. The van der Waals surface area contributed by atoms with Crippen LogP contribution in [0, 0.1) is 0 Å². The van der Waals surface area contributed by atoms with Gasteiger partial charge in [0.05, 0.1) is 32.7 Å². The van der Waals surface area contributed by atoms with Crippen LogP contribution in [0.1, 0.15) is 70.3 Å². The summed E-state index contributed by atoms with van der Waals surface area (Å²) in [7, 11) is 0. The van der Waals surface area contributed by atoms with Gasteiger partial charge >= 0.3 is 23.9 Å². The van der Waals surface area contributed by atoms with E-state index in [1.54, 1.807) is 12.1 Å². The Morgan fingerprint density at radius 3 is 1.67 bits per heavy atom. The van der Waals surface area contributed by atoms with Gasteiger partial charge in [0.15, 0.2) is 0 Å². The summed E-state index contributed by atoms with van der Waals surface area (Å²) in [5, 5.41) is 40.7. The van der Waals surface area contributed by atoms with Crippen LogP contribution >= 0.6 is 0 Å². The average Bonchev–Trinajstić information content (AvgIpc) is 2.95. The second-order valence-corrected chi connectivity index (χ2v) is 11.4. The van der Waals surface area contributed by atoms with Crippen LogP contribution in [0.3, 0.4) is 0 Å². The zero-order valence-electron chi connectivity index (χ0n) is 26.6. The van der Waals surface area contributed by atoms with Crippen molar-refractivity contribution in [1.82, 2.24) is 20.0 Å². The number of benzene rings is 1. The lowest BCUT2D eigenvalue weighted by Gasteiger charge is -2.34. The van der Waals surface area contributed by atoms with Crippen molar-refractivity contribution in [2.24, 2.45) is 0 Å². The molecule has 0 heterocycles. The zero-order chi connectivity index (χ0) is 33.5. The van der Waals surface area contributed by atoms with Gasteiger partial charge in [-0.3, -0.25) is 38.7 Å². The van der Waals surface area contributed by atoms with E-state index >= 15 is 0 Å². The fourth-order valence-corrected chi connectivity index (χ4v) is 5.19. The van der Waals surface area contributed by atoms with Gasteiger partial charge in [0.25, 0.3) is 0 Å². The zero-order valence-corrected chi connectivity index (χ0v) is 26.6. The van der Waals surface area contributed by atoms with Crippen LogP contribution in [0.15, 0.2) is 30.3 Å². The Morgan fingerprint density at radius 1 is 0.644 bits per heavy atom. The Balaban J connectivity index is 2.82. The lowest BCUT2D eigenvalue weighted by Crippen LogP contribution is -2.51. The topological polar surface area (TPSA) is 188 Å². The summed E-state index contributed by atoms with van der Waals surface area (Å²) in [5.41, 5.74) is 0.815. The molecule has 0 fully saturated rings. The second-order valence-electron chi connectivity index (χ2n) is 11.4. The quantitative estimate of drug-likeness (QED) is 0.0847. The maximum absolute atomic E-state index is 12.6. The summed E-state index contributed by atoms with van der Waals surface area (Å²) in [6.45, 7) is 0.642. The van der Waals surface area contributed by atoms with E-state index in [0.717, 1.165) is 24.8 Å². The minimum absolute atomic E-state index is 0.00741. The molecule has 0 aromatic heterocycles. The van der Waals surface area contributed by atoms with Gasteiger partial charge in [-0.15, -0.1) is 0 Å². The Hall–Kier alpha value is -3.55. The second kappa shape index (κ2) is 23.8. The number of nitrogens with one attached hydrogen (secondary N) is 1. The predicted molar refractivity (Wildman–Crippen MR) is 169 cm³/mol. The molecule has 0 bridgehead atoms. The number of hydrogen-bond donors (Lipinski definition) is 5. The fourth-order valence-electron chi connectivity index (χ4n) is 5.19. The van der Waals surface area contributed by atoms with Crippen LogP contribution < -0.4 is 5.32 Å². The Kier molecular flexibility index (Phi) is 20.9. The molecule has 0 saturated carbocycles. The molecule has 1 unspecified atom stereocenters.